The molecule has 0 aliphatic heterocycles. The summed E-state index contributed by atoms with van der Waals surface area (Å²) in [4.78, 5) is 0. The standard InChI is InChI=1S/C11H18N2OSSi/c1-16(2,3)7-5-14-9-13-10-4-6-15-11(10)8-12-13/h4,6,8H,5,7,9H2,1-3H3. The molecule has 3 nitrogen and oxygen atoms in total. The van der Waals surface area contributed by atoms with Gasteiger partial charge in [0, 0.05) is 14.7 Å². The van der Waals surface area contributed by atoms with Gasteiger partial charge in [0.1, 0.15) is 6.73 Å². The number of thiophene rings is 1. The van der Waals surface area contributed by atoms with Crippen LogP contribution in [0.3, 0.4) is 0 Å². The first-order valence-corrected chi connectivity index (χ1v) is 10.1. The summed E-state index contributed by atoms with van der Waals surface area (Å²) in [6.07, 6.45) is 1.90. The van der Waals surface area contributed by atoms with Gasteiger partial charge < -0.3 is 4.74 Å². The molecule has 0 atom stereocenters. The zero-order valence-electron chi connectivity index (χ0n) is 10.1. The molecule has 0 amide bonds. The van der Waals surface area contributed by atoms with Crippen molar-refractivity contribution in [2.75, 3.05) is 6.61 Å². The third-order valence-electron chi connectivity index (χ3n) is 2.48. The Morgan fingerprint density at radius 3 is 3.00 bits per heavy atom. The van der Waals surface area contributed by atoms with E-state index in [1.165, 1.54) is 16.3 Å². The summed E-state index contributed by atoms with van der Waals surface area (Å²) in [5.74, 6) is 0. The van der Waals surface area contributed by atoms with Crippen LogP contribution >= 0.6 is 11.3 Å². The van der Waals surface area contributed by atoms with Gasteiger partial charge in [-0.3, -0.25) is 0 Å². The topological polar surface area (TPSA) is 27.1 Å². The lowest BCUT2D eigenvalue weighted by Crippen LogP contribution is -2.22. The molecule has 2 rings (SSSR count). The minimum Gasteiger partial charge on any atom is -0.360 e. The summed E-state index contributed by atoms with van der Waals surface area (Å²) in [7, 11) is -0.973. The van der Waals surface area contributed by atoms with Crippen LogP contribution in [-0.2, 0) is 11.5 Å². The number of rotatable bonds is 5. The molecule has 5 heteroatoms. The molecule has 2 aromatic rings. The molecule has 0 radical (unpaired) electrons. The van der Waals surface area contributed by atoms with Crippen molar-refractivity contribution in [1.82, 2.24) is 9.78 Å². The van der Waals surface area contributed by atoms with Crippen LogP contribution in [0.1, 0.15) is 0 Å². The van der Waals surface area contributed by atoms with E-state index in [9.17, 15) is 0 Å². The van der Waals surface area contributed by atoms with Gasteiger partial charge in [-0.1, -0.05) is 19.6 Å². The van der Waals surface area contributed by atoms with Crippen molar-refractivity contribution in [3.05, 3.63) is 17.6 Å². The van der Waals surface area contributed by atoms with Crippen LogP contribution in [-0.4, -0.2) is 24.5 Å². The van der Waals surface area contributed by atoms with Crippen LogP contribution < -0.4 is 0 Å². The molecule has 0 fully saturated rings. The first-order chi connectivity index (χ1) is 7.56. The Morgan fingerprint density at radius 1 is 1.44 bits per heavy atom. The van der Waals surface area contributed by atoms with Crippen molar-refractivity contribution in [2.45, 2.75) is 32.4 Å². The van der Waals surface area contributed by atoms with E-state index in [4.69, 9.17) is 4.74 Å². The fraction of sp³-hybridized carbons (Fsp3) is 0.545. The van der Waals surface area contributed by atoms with Crippen LogP contribution in [0, 0.1) is 0 Å². The van der Waals surface area contributed by atoms with Crippen LogP contribution in [0.2, 0.25) is 25.7 Å². The summed E-state index contributed by atoms with van der Waals surface area (Å²) in [5.41, 5.74) is 1.18. The van der Waals surface area contributed by atoms with Crippen molar-refractivity contribution in [3.8, 4) is 0 Å². The number of ether oxygens (including phenoxy) is 1. The molecule has 0 saturated carbocycles. The predicted molar refractivity (Wildman–Crippen MR) is 71.7 cm³/mol. The van der Waals surface area contributed by atoms with Crippen molar-refractivity contribution in [1.29, 1.82) is 0 Å². The van der Waals surface area contributed by atoms with Gasteiger partial charge in [0.25, 0.3) is 0 Å². The highest BCUT2D eigenvalue weighted by atomic mass is 32.1. The molecule has 0 aliphatic carbocycles. The average molecular weight is 254 g/mol. The molecule has 88 valence electrons. The lowest BCUT2D eigenvalue weighted by atomic mass is 10.5. The van der Waals surface area contributed by atoms with Crippen LogP contribution in [0.15, 0.2) is 17.6 Å². The van der Waals surface area contributed by atoms with E-state index in [0.717, 1.165) is 6.61 Å². The van der Waals surface area contributed by atoms with E-state index < -0.39 is 8.07 Å². The van der Waals surface area contributed by atoms with Gasteiger partial charge in [0.2, 0.25) is 0 Å². The summed E-state index contributed by atoms with van der Waals surface area (Å²) >= 11 is 1.72. The highest BCUT2D eigenvalue weighted by molar-refractivity contribution is 7.17. The Balaban J connectivity index is 1.85. The van der Waals surface area contributed by atoms with E-state index in [2.05, 4.69) is 36.2 Å². The summed E-state index contributed by atoms with van der Waals surface area (Å²) in [6.45, 7) is 8.51. The second-order valence-corrected chi connectivity index (χ2v) is 11.7. The zero-order valence-corrected chi connectivity index (χ0v) is 11.9. The molecular formula is C11H18N2OSSi. The molecule has 0 bridgehead atoms. The molecule has 0 aromatic carbocycles. The molecule has 2 heterocycles. The van der Waals surface area contributed by atoms with Crippen LogP contribution in [0.5, 0.6) is 0 Å². The molecule has 16 heavy (non-hydrogen) atoms. The van der Waals surface area contributed by atoms with E-state index >= 15 is 0 Å². The number of nitrogens with zero attached hydrogens (tertiary/aromatic N) is 2. The highest BCUT2D eigenvalue weighted by Crippen LogP contribution is 2.19. The Morgan fingerprint density at radius 2 is 2.25 bits per heavy atom. The third kappa shape index (κ3) is 2.93. The Bertz CT molecular complexity index is 458. The first kappa shape index (κ1) is 11.8. The maximum atomic E-state index is 5.67. The monoisotopic (exact) mass is 254 g/mol. The van der Waals surface area contributed by atoms with Gasteiger partial charge in [-0.25, -0.2) is 4.68 Å². The van der Waals surface area contributed by atoms with Crippen LogP contribution in [0.25, 0.3) is 10.2 Å². The molecule has 0 N–H and O–H groups in total. The van der Waals surface area contributed by atoms with Gasteiger partial charge in [0.05, 0.1) is 16.4 Å². The second kappa shape index (κ2) is 4.69. The maximum absolute atomic E-state index is 5.67. The Hall–Kier alpha value is -0.653. The second-order valence-electron chi connectivity index (χ2n) is 5.16. The number of hydrogen-bond acceptors (Lipinski definition) is 3. The minimum absolute atomic E-state index is 0.574. The SMILES string of the molecule is C[Si](C)(C)CCOCn1ncc2sccc21. The largest absolute Gasteiger partial charge is 0.360 e. The molecule has 0 aliphatic rings. The van der Waals surface area contributed by atoms with E-state index in [1.54, 1.807) is 11.3 Å². The van der Waals surface area contributed by atoms with E-state index in [0.29, 0.717) is 6.73 Å². The lowest BCUT2D eigenvalue weighted by Gasteiger charge is -2.15. The Labute approximate surface area is 101 Å². The molecular weight excluding hydrogens is 236 g/mol. The predicted octanol–water partition coefficient (Wildman–Crippen LogP) is 3.41. The lowest BCUT2D eigenvalue weighted by molar-refractivity contribution is 0.0817. The first-order valence-electron chi connectivity index (χ1n) is 5.53. The molecule has 0 unspecified atom stereocenters. The number of hydrogen-bond donors (Lipinski definition) is 0. The van der Waals surface area contributed by atoms with Crippen molar-refractivity contribution >= 4 is 29.6 Å². The zero-order chi connectivity index (χ0) is 11.6. The maximum Gasteiger partial charge on any atom is 0.140 e. The quantitative estimate of drug-likeness (QED) is 0.604. The number of fused-ring (bicyclic) bond motifs is 1. The molecule has 0 spiro atoms. The van der Waals surface area contributed by atoms with Crippen LogP contribution in [0.4, 0.5) is 0 Å². The summed E-state index contributed by atoms with van der Waals surface area (Å²) < 4.78 is 8.83. The summed E-state index contributed by atoms with van der Waals surface area (Å²) in [5, 5.41) is 6.39. The van der Waals surface area contributed by atoms with E-state index in [1.807, 2.05) is 10.9 Å². The normalized spacial score (nSPS) is 12.4. The Kier molecular flexibility index (Phi) is 3.46. The molecule has 2 aromatic heterocycles. The fourth-order valence-electron chi connectivity index (χ4n) is 1.44. The van der Waals surface area contributed by atoms with Crippen molar-refractivity contribution in [3.63, 3.8) is 0 Å². The van der Waals surface area contributed by atoms with Crippen molar-refractivity contribution in [2.24, 2.45) is 0 Å². The third-order valence-corrected chi connectivity index (χ3v) is 5.02. The van der Waals surface area contributed by atoms with Gasteiger partial charge >= 0.3 is 0 Å². The van der Waals surface area contributed by atoms with Gasteiger partial charge in [-0.2, -0.15) is 5.10 Å². The molecule has 0 saturated heterocycles. The number of aromatic nitrogens is 2. The average Bonchev–Trinajstić information content (AvgIpc) is 2.73. The van der Waals surface area contributed by atoms with Gasteiger partial charge in [-0.15, -0.1) is 11.3 Å². The highest BCUT2D eigenvalue weighted by Gasteiger charge is 2.12. The fourth-order valence-corrected chi connectivity index (χ4v) is 2.94. The van der Waals surface area contributed by atoms with Gasteiger partial charge in [-0.05, 0) is 17.5 Å². The minimum atomic E-state index is -0.973. The van der Waals surface area contributed by atoms with Crippen molar-refractivity contribution < 1.29 is 4.74 Å². The van der Waals surface area contributed by atoms with E-state index in [-0.39, 0.29) is 0 Å². The van der Waals surface area contributed by atoms with Gasteiger partial charge in [0.15, 0.2) is 0 Å². The summed E-state index contributed by atoms with van der Waals surface area (Å²) in [6, 6.07) is 3.30. The smallest absolute Gasteiger partial charge is 0.140 e.